The van der Waals surface area contributed by atoms with Crippen LogP contribution in [-0.4, -0.2) is 81.6 Å². The number of ether oxygens (including phenoxy) is 4. The van der Waals surface area contributed by atoms with Gasteiger partial charge in [-0.1, -0.05) is 34.6 Å². The lowest BCUT2D eigenvalue weighted by Crippen LogP contribution is -2.57. The van der Waals surface area contributed by atoms with Crippen LogP contribution in [0.15, 0.2) is 0 Å². The first kappa shape index (κ1) is 34.1. The van der Waals surface area contributed by atoms with E-state index in [9.17, 15) is 20.1 Å². The third-order valence-corrected chi connectivity index (χ3v) is 9.75. The number of esters is 1. The number of carbonyl (C=O) groups excluding carboxylic acids is 1. The number of hydrogen-bond acceptors (Lipinski definition) is 9. The summed E-state index contributed by atoms with van der Waals surface area (Å²) in [5.41, 5.74) is -3.21. The third-order valence-electron chi connectivity index (χ3n) is 9.75. The third kappa shape index (κ3) is 7.60. The lowest BCUT2D eigenvalue weighted by molar-refractivity contribution is -0.268. The molecule has 2 heterocycles. The maximum atomic E-state index is 13.6. The van der Waals surface area contributed by atoms with Crippen molar-refractivity contribution in [1.82, 2.24) is 0 Å². The van der Waals surface area contributed by atoms with Gasteiger partial charge in [-0.25, -0.2) is 0 Å². The van der Waals surface area contributed by atoms with E-state index in [1.165, 1.54) is 6.92 Å². The van der Waals surface area contributed by atoms with Crippen LogP contribution >= 0.6 is 0 Å². The maximum absolute atomic E-state index is 13.6. The first-order chi connectivity index (χ1) is 17.8. The molecule has 2 aliphatic rings. The Bertz CT molecular complexity index is 847. The van der Waals surface area contributed by atoms with Crippen molar-refractivity contribution in [2.75, 3.05) is 7.11 Å². The first-order valence-corrected chi connectivity index (χ1v) is 14.6. The Morgan fingerprint density at radius 3 is 2.13 bits per heavy atom. The molecule has 39 heavy (non-hydrogen) atoms. The average molecular weight is 558 g/mol. The molecular formula is C30H55NO8. The minimum absolute atomic E-state index is 0.111. The van der Waals surface area contributed by atoms with Gasteiger partial charge in [-0.15, -0.1) is 0 Å². The van der Waals surface area contributed by atoms with E-state index in [2.05, 4.69) is 0 Å². The summed E-state index contributed by atoms with van der Waals surface area (Å²) in [7, 11) is 1.67. The lowest BCUT2D eigenvalue weighted by atomic mass is 9.70. The fraction of sp³-hybridized carbons (Fsp3) is 0.933. The highest BCUT2D eigenvalue weighted by Gasteiger charge is 2.49. The number of nitrogens with one attached hydrogen (secondary N) is 1. The van der Waals surface area contributed by atoms with Crippen molar-refractivity contribution in [2.45, 2.75) is 142 Å². The van der Waals surface area contributed by atoms with Gasteiger partial charge in [0.2, 0.25) is 0 Å². The SMILES string of the molecule is CC[C@H]1OC(=O)[C@H](C)[C@@H](O[C@H]2C[C@@](C)(OC)C[C@H](C)O2)[C@H](C)[C@@H](C)[C@](C)(O)C[C@@H](C)C(=N)[C@H](C)[C@@H](O)[C@]1(C)O. The maximum Gasteiger partial charge on any atom is 0.311 e. The van der Waals surface area contributed by atoms with E-state index in [1.54, 1.807) is 34.8 Å². The molecule has 9 nitrogen and oxygen atoms in total. The van der Waals surface area contributed by atoms with Gasteiger partial charge in [0.05, 0.1) is 35.4 Å². The largest absolute Gasteiger partial charge is 0.459 e. The summed E-state index contributed by atoms with van der Waals surface area (Å²) in [6, 6.07) is 0. The highest BCUT2D eigenvalue weighted by atomic mass is 16.7. The number of cyclic esters (lactones) is 1. The van der Waals surface area contributed by atoms with Gasteiger partial charge in [0.15, 0.2) is 6.29 Å². The second-order valence-corrected chi connectivity index (χ2v) is 13.2. The van der Waals surface area contributed by atoms with Crippen LogP contribution < -0.4 is 0 Å². The van der Waals surface area contributed by atoms with Gasteiger partial charge in [0.1, 0.15) is 11.7 Å². The molecule has 0 aliphatic carbocycles. The normalized spacial score (nSPS) is 49.3. The fourth-order valence-corrected chi connectivity index (χ4v) is 6.60. The average Bonchev–Trinajstić information content (AvgIpc) is 2.86. The lowest BCUT2D eigenvalue weighted by Gasteiger charge is -2.46. The highest BCUT2D eigenvalue weighted by molar-refractivity contribution is 5.86. The second-order valence-electron chi connectivity index (χ2n) is 13.2. The number of methoxy groups -OCH3 is 1. The van der Waals surface area contributed by atoms with E-state index >= 15 is 0 Å². The molecule has 9 heteroatoms. The molecule has 2 aliphatic heterocycles. The van der Waals surface area contributed by atoms with Crippen molar-refractivity contribution < 1.29 is 39.1 Å². The number of rotatable bonds is 4. The molecule has 2 rings (SSSR count). The molecule has 0 aromatic rings. The minimum Gasteiger partial charge on any atom is -0.459 e. The van der Waals surface area contributed by atoms with Crippen LogP contribution in [0.1, 0.15) is 94.9 Å². The van der Waals surface area contributed by atoms with Gasteiger partial charge < -0.3 is 39.7 Å². The van der Waals surface area contributed by atoms with Crippen molar-refractivity contribution in [1.29, 1.82) is 5.41 Å². The van der Waals surface area contributed by atoms with Crippen molar-refractivity contribution in [2.24, 2.45) is 29.6 Å². The van der Waals surface area contributed by atoms with Crippen LogP contribution in [0.4, 0.5) is 0 Å². The molecule has 0 spiro atoms. The van der Waals surface area contributed by atoms with Gasteiger partial charge in [-0.2, -0.15) is 0 Å². The molecule has 2 saturated heterocycles. The zero-order valence-corrected chi connectivity index (χ0v) is 26.0. The van der Waals surface area contributed by atoms with Crippen LogP contribution in [0, 0.1) is 35.0 Å². The quantitative estimate of drug-likeness (QED) is 0.379. The van der Waals surface area contributed by atoms with Gasteiger partial charge >= 0.3 is 5.97 Å². The Kier molecular flexibility index (Phi) is 11.2. The molecule has 0 aromatic heterocycles. The summed E-state index contributed by atoms with van der Waals surface area (Å²) < 4.78 is 24.3. The molecule has 228 valence electrons. The molecule has 0 saturated carbocycles. The first-order valence-electron chi connectivity index (χ1n) is 14.6. The molecule has 0 unspecified atom stereocenters. The van der Waals surface area contributed by atoms with Gasteiger partial charge in [-0.05, 0) is 65.2 Å². The van der Waals surface area contributed by atoms with Crippen molar-refractivity contribution in [3.63, 3.8) is 0 Å². The summed E-state index contributed by atoms with van der Waals surface area (Å²) in [6.45, 7) is 18.1. The Balaban J connectivity index is 2.53. The predicted octanol–water partition coefficient (Wildman–Crippen LogP) is 4.09. The molecule has 0 aromatic carbocycles. The molecule has 0 radical (unpaired) electrons. The van der Waals surface area contributed by atoms with Gasteiger partial charge in [0, 0.05) is 31.6 Å². The summed E-state index contributed by atoms with van der Waals surface area (Å²) in [4.78, 5) is 13.6. The molecule has 0 bridgehead atoms. The van der Waals surface area contributed by atoms with Crippen LogP contribution in [0.25, 0.3) is 0 Å². The van der Waals surface area contributed by atoms with Crippen molar-refractivity contribution in [3.8, 4) is 0 Å². The molecule has 0 amide bonds. The smallest absolute Gasteiger partial charge is 0.311 e. The van der Waals surface area contributed by atoms with Crippen LogP contribution in [-0.2, 0) is 23.7 Å². The summed E-state index contributed by atoms with van der Waals surface area (Å²) in [6.07, 6.45) is -2.01. The fourth-order valence-electron chi connectivity index (χ4n) is 6.60. The molecule has 13 atom stereocenters. The second kappa shape index (κ2) is 12.8. The predicted molar refractivity (Wildman–Crippen MR) is 149 cm³/mol. The van der Waals surface area contributed by atoms with E-state index in [0.29, 0.717) is 12.8 Å². The van der Waals surface area contributed by atoms with Crippen LogP contribution in [0.5, 0.6) is 0 Å². The van der Waals surface area contributed by atoms with Crippen molar-refractivity contribution >= 4 is 11.7 Å². The molecule has 4 N–H and O–H groups in total. The van der Waals surface area contributed by atoms with E-state index in [1.807, 2.05) is 34.6 Å². The molecule has 2 fully saturated rings. The Labute approximate surface area is 235 Å². The number of aliphatic hydroxyl groups excluding tert-OH is 1. The van der Waals surface area contributed by atoms with E-state index < -0.39 is 59.2 Å². The minimum atomic E-state index is -1.79. The van der Waals surface area contributed by atoms with Gasteiger partial charge in [0.25, 0.3) is 0 Å². The zero-order valence-electron chi connectivity index (χ0n) is 26.0. The van der Waals surface area contributed by atoms with Crippen molar-refractivity contribution in [3.05, 3.63) is 0 Å². The summed E-state index contributed by atoms with van der Waals surface area (Å²) in [5, 5.41) is 43.0. The molecular weight excluding hydrogens is 502 g/mol. The standard InChI is InChI=1S/C30H55NO8/c1-12-22-30(10,35)26(32)19(5)24(31)16(2)13-29(9,34)21(7)18(4)25(20(6)27(33)38-22)39-23-15-28(8,36-11)14-17(3)37-23/h16-23,25-26,31-32,34-35H,12-15H2,1-11H3/t16-,17+,18-,19+,20-,21-,22-,23+,25+,26-,28+,29-,30-/m1/s1. The monoisotopic (exact) mass is 557 g/mol. The highest BCUT2D eigenvalue weighted by Crippen LogP contribution is 2.40. The van der Waals surface area contributed by atoms with Gasteiger partial charge in [-0.3, -0.25) is 4.79 Å². The van der Waals surface area contributed by atoms with E-state index in [4.69, 9.17) is 24.4 Å². The zero-order chi connectivity index (χ0) is 30.1. The van der Waals surface area contributed by atoms with E-state index in [-0.39, 0.29) is 42.4 Å². The topological polar surface area (TPSA) is 139 Å². The summed E-state index contributed by atoms with van der Waals surface area (Å²) in [5.74, 6) is -3.01. The Morgan fingerprint density at radius 1 is 1.00 bits per heavy atom. The number of hydrogen-bond donors (Lipinski definition) is 4. The van der Waals surface area contributed by atoms with E-state index in [0.717, 1.165) is 0 Å². The van der Waals surface area contributed by atoms with Crippen LogP contribution in [0.2, 0.25) is 0 Å². The number of carbonyl (C=O) groups is 1. The Hall–Kier alpha value is -1.10. The number of aliphatic hydroxyl groups is 3. The van der Waals surface area contributed by atoms with Crippen LogP contribution in [0.3, 0.4) is 0 Å². The Morgan fingerprint density at radius 2 is 1.59 bits per heavy atom. The summed E-state index contributed by atoms with van der Waals surface area (Å²) >= 11 is 0.